The van der Waals surface area contributed by atoms with E-state index in [-0.39, 0.29) is 6.61 Å². The fourth-order valence-corrected chi connectivity index (χ4v) is 2.37. The summed E-state index contributed by atoms with van der Waals surface area (Å²) in [6, 6.07) is 7.41. The van der Waals surface area contributed by atoms with Crippen molar-refractivity contribution in [3.8, 4) is 5.69 Å². The van der Waals surface area contributed by atoms with Gasteiger partial charge in [0.1, 0.15) is 12.1 Å². The Hall–Kier alpha value is -2.22. The van der Waals surface area contributed by atoms with E-state index in [1.807, 2.05) is 24.3 Å². The van der Waals surface area contributed by atoms with Gasteiger partial charge in [-0.15, -0.1) is 0 Å². The van der Waals surface area contributed by atoms with Crippen LogP contribution in [0.2, 0.25) is 5.02 Å². The number of halogens is 1. The first-order valence-corrected chi connectivity index (χ1v) is 7.54. The van der Waals surface area contributed by atoms with E-state index in [1.165, 1.54) is 6.33 Å². The van der Waals surface area contributed by atoms with E-state index in [0.717, 1.165) is 11.1 Å². The highest BCUT2D eigenvalue weighted by Crippen LogP contribution is 2.22. The first-order chi connectivity index (χ1) is 11.3. The Morgan fingerprint density at radius 3 is 3.00 bits per heavy atom. The minimum atomic E-state index is 0.0180. The summed E-state index contributed by atoms with van der Waals surface area (Å²) in [5.74, 6) is 0.691. The lowest BCUT2D eigenvalue weighted by molar-refractivity contribution is 0.0992. The second-order valence-corrected chi connectivity index (χ2v) is 5.19. The highest BCUT2D eigenvalue weighted by molar-refractivity contribution is 6.30. The molecule has 2 N–H and O–H groups in total. The quantitative estimate of drug-likeness (QED) is 0.642. The topological polar surface area (TPSA) is 85.1 Å². The molecule has 0 aliphatic heterocycles. The summed E-state index contributed by atoms with van der Waals surface area (Å²) in [5.41, 5.74) is 1.53. The van der Waals surface area contributed by atoms with Gasteiger partial charge in [0, 0.05) is 11.6 Å². The lowest BCUT2D eigenvalue weighted by Gasteiger charge is -2.07. The summed E-state index contributed by atoms with van der Waals surface area (Å²) in [7, 11) is 0. The Kier molecular flexibility index (Phi) is 5.02. The van der Waals surface area contributed by atoms with Crippen LogP contribution in [0.25, 0.3) is 16.7 Å². The van der Waals surface area contributed by atoms with Crippen LogP contribution in [-0.2, 0) is 4.74 Å². The van der Waals surface area contributed by atoms with Crippen molar-refractivity contribution in [2.75, 3.05) is 31.7 Å². The first-order valence-electron chi connectivity index (χ1n) is 7.17. The Bertz CT molecular complexity index is 792. The summed E-state index contributed by atoms with van der Waals surface area (Å²) in [4.78, 5) is 8.55. The van der Waals surface area contributed by atoms with Gasteiger partial charge in [-0.25, -0.2) is 14.6 Å². The number of fused-ring (bicyclic) bond motifs is 1. The van der Waals surface area contributed by atoms with E-state index in [2.05, 4.69) is 20.4 Å². The fourth-order valence-electron chi connectivity index (χ4n) is 2.19. The molecule has 0 saturated carbocycles. The monoisotopic (exact) mass is 333 g/mol. The van der Waals surface area contributed by atoms with Gasteiger partial charge in [-0.05, 0) is 18.2 Å². The standard InChI is InChI=1S/C15H16ClN5O2/c16-11-2-1-3-12(8-11)21-15-13(9-20-21)14(18-10-19-15)17-4-6-23-7-5-22/h1-3,8-10,22H,4-7H2,(H,17,18,19). The molecule has 0 aliphatic rings. The maximum Gasteiger partial charge on any atom is 0.168 e. The molecule has 7 nitrogen and oxygen atoms in total. The molecule has 0 bridgehead atoms. The fraction of sp³-hybridized carbons (Fsp3) is 0.267. The molecule has 0 unspecified atom stereocenters. The molecule has 0 spiro atoms. The predicted octanol–water partition coefficient (Wildman–Crippen LogP) is 1.89. The van der Waals surface area contributed by atoms with Gasteiger partial charge in [-0.3, -0.25) is 0 Å². The van der Waals surface area contributed by atoms with E-state index in [4.69, 9.17) is 21.4 Å². The molecule has 0 aliphatic carbocycles. The zero-order valence-corrected chi connectivity index (χ0v) is 13.1. The molecule has 0 radical (unpaired) electrons. The van der Waals surface area contributed by atoms with Crippen LogP contribution in [-0.4, -0.2) is 51.2 Å². The average Bonchev–Trinajstić information content (AvgIpc) is 2.99. The summed E-state index contributed by atoms with van der Waals surface area (Å²) < 4.78 is 6.93. The molecule has 23 heavy (non-hydrogen) atoms. The van der Waals surface area contributed by atoms with Gasteiger partial charge in [-0.2, -0.15) is 5.10 Å². The van der Waals surface area contributed by atoms with Crippen LogP contribution in [0, 0.1) is 0 Å². The summed E-state index contributed by atoms with van der Waals surface area (Å²) in [6.07, 6.45) is 3.20. The van der Waals surface area contributed by atoms with Crippen LogP contribution in [0.3, 0.4) is 0 Å². The number of ether oxygens (including phenoxy) is 1. The summed E-state index contributed by atoms with van der Waals surface area (Å²) >= 11 is 6.04. The molecule has 0 atom stereocenters. The van der Waals surface area contributed by atoms with E-state index in [9.17, 15) is 0 Å². The minimum Gasteiger partial charge on any atom is -0.394 e. The van der Waals surface area contributed by atoms with Crippen molar-refractivity contribution in [2.24, 2.45) is 0 Å². The largest absolute Gasteiger partial charge is 0.394 e. The van der Waals surface area contributed by atoms with Crippen molar-refractivity contribution in [3.05, 3.63) is 41.8 Å². The van der Waals surface area contributed by atoms with Crippen molar-refractivity contribution in [1.82, 2.24) is 19.7 Å². The van der Waals surface area contributed by atoms with E-state index >= 15 is 0 Å². The molecule has 2 heterocycles. The second-order valence-electron chi connectivity index (χ2n) is 4.76. The van der Waals surface area contributed by atoms with Gasteiger partial charge in [-0.1, -0.05) is 17.7 Å². The van der Waals surface area contributed by atoms with Crippen LogP contribution >= 0.6 is 11.6 Å². The molecule has 0 fully saturated rings. The molecule has 0 saturated heterocycles. The van der Waals surface area contributed by atoms with Crippen molar-refractivity contribution >= 4 is 28.5 Å². The molecule has 1 aromatic carbocycles. The Morgan fingerprint density at radius 2 is 2.17 bits per heavy atom. The van der Waals surface area contributed by atoms with Gasteiger partial charge >= 0.3 is 0 Å². The lowest BCUT2D eigenvalue weighted by Crippen LogP contribution is -2.12. The zero-order valence-electron chi connectivity index (χ0n) is 12.3. The third-order valence-corrected chi connectivity index (χ3v) is 3.43. The number of nitrogens with zero attached hydrogens (tertiary/aromatic N) is 4. The van der Waals surface area contributed by atoms with E-state index in [1.54, 1.807) is 10.9 Å². The second kappa shape index (κ2) is 7.36. The predicted molar refractivity (Wildman–Crippen MR) is 88.1 cm³/mol. The molecular weight excluding hydrogens is 318 g/mol. The third kappa shape index (κ3) is 3.58. The SMILES string of the molecule is OCCOCCNc1ncnc2c1cnn2-c1cccc(Cl)c1. The normalized spacial score (nSPS) is 11.0. The Balaban J connectivity index is 1.83. The summed E-state index contributed by atoms with van der Waals surface area (Å²) in [5, 5.41) is 17.7. The maximum absolute atomic E-state index is 8.67. The van der Waals surface area contributed by atoms with Crippen LogP contribution < -0.4 is 5.32 Å². The smallest absolute Gasteiger partial charge is 0.168 e. The minimum absolute atomic E-state index is 0.0180. The number of aliphatic hydroxyl groups excluding tert-OH is 1. The van der Waals surface area contributed by atoms with Gasteiger partial charge in [0.05, 0.1) is 37.1 Å². The molecule has 0 amide bonds. The molecule has 3 aromatic rings. The third-order valence-electron chi connectivity index (χ3n) is 3.19. The van der Waals surface area contributed by atoms with Gasteiger partial charge in [0.15, 0.2) is 5.65 Å². The molecule has 8 heteroatoms. The van der Waals surface area contributed by atoms with Crippen molar-refractivity contribution in [3.63, 3.8) is 0 Å². The van der Waals surface area contributed by atoms with Crippen molar-refractivity contribution in [1.29, 1.82) is 0 Å². The average molecular weight is 334 g/mol. The Labute approximate surface area is 137 Å². The number of benzene rings is 1. The van der Waals surface area contributed by atoms with Crippen molar-refractivity contribution in [2.45, 2.75) is 0 Å². The maximum atomic E-state index is 8.67. The van der Waals surface area contributed by atoms with E-state index < -0.39 is 0 Å². The molecule has 2 aromatic heterocycles. The Morgan fingerprint density at radius 1 is 1.26 bits per heavy atom. The molecular formula is C15H16ClN5O2. The number of nitrogens with one attached hydrogen (secondary N) is 1. The molecule has 120 valence electrons. The van der Waals surface area contributed by atoms with Crippen LogP contribution in [0.4, 0.5) is 5.82 Å². The lowest BCUT2D eigenvalue weighted by atomic mass is 10.3. The van der Waals surface area contributed by atoms with Crippen LogP contribution in [0.15, 0.2) is 36.8 Å². The number of anilines is 1. The highest BCUT2D eigenvalue weighted by Gasteiger charge is 2.11. The first kappa shape index (κ1) is 15.7. The highest BCUT2D eigenvalue weighted by atomic mass is 35.5. The van der Waals surface area contributed by atoms with Gasteiger partial charge < -0.3 is 15.2 Å². The number of aliphatic hydroxyl groups is 1. The molecule has 3 rings (SSSR count). The van der Waals surface area contributed by atoms with Crippen molar-refractivity contribution < 1.29 is 9.84 Å². The number of aromatic nitrogens is 4. The van der Waals surface area contributed by atoms with Gasteiger partial charge in [0.25, 0.3) is 0 Å². The van der Waals surface area contributed by atoms with E-state index in [0.29, 0.717) is 36.2 Å². The number of hydrogen-bond donors (Lipinski definition) is 2. The van der Waals surface area contributed by atoms with Crippen LogP contribution in [0.1, 0.15) is 0 Å². The van der Waals surface area contributed by atoms with Crippen LogP contribution in [0.5, 0.6) is 0 Å². The number of rotatable bonds is 7. The van der Waals surface area contributed by atoms with Gasteiger partial charge in [0.2, 0.25) is 0 Å². The summed E-state index contributed by atoms with van der Waals surface area (Å²) in [6.45, 7) is 1.40. The zero-order chi connectivity index (χ0) is 16.1. The number of hydrogen-bond acceptors (Lipinski definition) is 6.